The Morgan fingerprint density at radius 1 is 1.22 bits per heavy atom. The van der Waals surface area contributed by atoms with Crippen molar-refractivity contribution < 1.29 is 12.8 Å². The molecule has 0 unspecified atom stereocenters. The fraction of sp³-hybridized carbons (Fsp3) is 0.462. The van der Waals surface area contributed by atoms with Gasteiger partial charge in [-0.15, -0.1) is 5.10 Å². The molecule has 0 N–H and O–H groups in total. The number of aromatic nitrogens is 4. The lowest BCUT2D eigenvalue weighted by Gasteiger charge is -2.32. The summed E-state index contributed by atoms with van der Waals surface area (Å²) in [5.41, 5.74) is 0.555. The topological polar surface area (TPSA) is 84.2 Å². The van der Waals surface area contributed by atoms with Crippen molar-refractivity contribution in [3.63, 3.8) is 0 Å². The lowest BCUT2D eigenvalue weighted by molar-refractivity contribution is 0.177. The normalized spacial score (nSPS) is 17.5. The van der Waals surface area contributed by atoms with Crippen LogP contribution in [0.5, 0.6) is 0 Å². The molecule has 2 aromatic rings. The molecule has 8 nitrogen and oxygen atoms in total. The summed E-state index contributed by atoms with van der Waals surface area (Å²) in [5, 5.41) is 11.5. The molecular formula is C13H17FN6O2S. The van der Waals surface area contributed by atoms with E-state index in [1.54, 1.807) is 12.1 Å². The molecule has 0 radical (unpaired) electrons. The molecule has 2 heterocycles. The van der Waals surface area contributed by atoms with Gasteiger partial charge in [-0.05, 0) is 28.6 Å². The van der Waals surface area contributed by atoms with E-state index in [4.69, 9.17) is 0 Å². The van der Waals surface area contributed by atoms with E-state index < -0.39 is 10.0 Å². The van der Waals surface area contributed by atoms with Crippen LogP contribution in [0.2, 0.25) is 0 Å². The monoisotopic (exact) mass is 340 g/mol. The van der Waals surface area contributed by atoms with E-state index in [0.29, 0.717) is 44.2 Å². The standard InChI is InChI=1S/C13H17FN6O2S/c1-23(21,22)19-7-5-18(6-8-19)10-13-15-16-17-20(13)12-4-2-3-11(14)9-12/h2-4,9H,5-8,10H2,1H3. The number of sulfonamides is 1. The van der Waals surface area contributed by atoms with Crippen molar-refractivity contribution in [1.29, 1.82) is 0 Å². The van der Waals surface area contributed by atoms with E-state index in [9.17, 15) is 12.8 Å². The molecule has 1 aliphatic heterocycles. The molecule has 3 rings (SSSR count). The molecule has 0 saturated carbocycles. The van der Waals surface area contributed by atoms with Gasteiger partial charge in [-0.1, -0.05) is 6.07 Å². The molecule has 124 valence electrons. The summed E-state index contributed by atoms with van der Waals surface area (Å²) in [6, 6.07) is 6.05. The molecule has 1 aliphatic rings. The molecule has 0 amide bonds. The second-order valence-electron chi connectivity index (χ2n) is 5.42. The molecule has 1 fully saturated rings. The molecule has 1 aromatic heterocycles. The molecule has 10 heteroatoms. The first-order valence-electron chi connectivity index (χ1n) is 7.14. The maximum absolute atomic E-state index is 13.3. The number of rotatable bonds is 4. The average molecular weight is 340 g/mol. The van der Waals surface area contributed by atoms with Gasteiger partial charge in [0.15, 0.2) is 5.82 Å². The van der Waals surface area contributed by atoms with E-state index in [1.807, 2.05) is 0 Å². The van der Waals surface area contributed by atoms with Gasteiger partial charge >= 0.3 is 0 Å². The number of benzene rings is 1. The van der Waals surface area contributed by atoms with Crippen LogP contribution in [0.1, 0.15) is 5.82 Å². The third-order valence-electron chi connectivity index (χ3n) is 3.75. The SMILES string of the molecule is CS(=O)(=O)N1CCN(Cc2nnnn2-c2cccc(F)c2)CC1. The third kappa shape index (κ3) is 3.71. The van der Waals surface area contributed by atoms with Gasteiger partial charge in [0.1, 0.15) is 5.82 Å². The first kappa shape index (κ1) is 16.0. The zero-order valence-corrected chi connectivity index (χ0v) is 13.4. The number of halogens is 1. The number of nitrogens with zero attached hydrogens (tertiary/aromatic N) is 6. The smallest absolute Gasteiger partial charge is 0.211 e. The van der Waals surface area contributed by atoms with Gasteiger partial charge in [-0.25, -0.2) is 12.8 Å². The largest absolute Gasteiger partial charge is 0.293 e. The Balaban J connectivity index is 1.70. The predicted octanol–water partition coefficient (Wildman–Crippen LogP) is -0.121. The van der Waals surface area contributed by atoms with Crippen molar-refractivity contribution >= 4 is 10.0 Å². The first-order chi connectivity index (χ1) is 10.9. The Morgan fingerprint density at radius 2 is 1.96 bits per heavy atom. The number of piperazine rings is 1. The van der Waals surface area contributed by atoms with Crippen LogP contribution in [0.25, 0.3) is 5.69 Å². The minimum Gasteiger partial charge on any atom is -0.293 e. The van der Waals surface area contributed by atoms with Gasteiger partial charge in [0, 0.05) is 26.2 Å². The van der Waals surface area contributed by atoms with Crippen LogP contribution in [0, 0.1) is 5.82 Å². The molecular weight excluding hydrogens is 323 g/mol. The van der Waals surface area contributed by atoms with Gasteiger partial charge in [-0.3, -0.25) is 4.90 Å². The number of hydrogen-bond acceptors (Lipinski definition) is 6. The zero-order chi connectivity index (χ0) is 16.4. The van der Waals surface area contributed by atoms with Crippen molar-refractivity contribution in [1.82, 2.24) is 29.4 Å². The maximum Gasteiger partial charge on any atom is 0.211 e. The molecule has 23 heavy (non-hydrogen) atoms. The van der Waals surface area contributed by atoms with E-state index in [2.05, 4.69) is 20.4 Å². The van der Waals surface area contributed by atoms with Crippen molar-refractivity contribution in [3.8, 4) is 5.69 Å². The van der Waals surface area contributed by atoms with Gasteiger partial charge < -0.3 is 0 Å². The highest BCUT2D eigenvalue weighted by molar-refractivity contribution is 7.88. The van der Waals surface area contributed by atoms with Crippen LogP contribution < -0.4 is 0 Å². The van der Waals surface area contributed by atoms with Gasteiger partial charge in [-0.2, -0.15) is 8.99 Å². The average Bonchev–Trinajstić information content (AvgIpc) is 2.95. The van der Waals surface area contributed by atoms with Crippen molar-refractivity contribution in [2.75, 3.05) is 32.4 Å². The highest BCUT2D eigenvalue weighted by atomic mass is 32.2. The fourth-order valence-corrected chi connectivity index (χ4v) is 3.36. The Kier molecular flexibility index (Phi) is 4.37. The van der Waals surface area contributed by atoms with Gasteiger partial charge in [0.25, 0.3) is 0 Å². The van der Waals surface area contributed by atoms with Gasteiger partial charge in [0.2, 0.25) is 10.0 Å². The van der Waals surface area contributed by atoms with E-state index >= 15 is 0 Å². The summed E-state index contributed by atoms with van der Waals surface area (Å²) in [6.45, 7) is 2.56. The van der Waals surface area contributed by atoms with E-state index in [-0.39, 0.29) is 5.82 Å². The summed E-state index contributed by atoms with van der Waals surface area (Å²) in [6.07, 6.45) is 1.22. The lowest BCUT2D eigenvalue weighted by Crippen LogP contribution is -2.48. The highest BCUT2D eigenvalue weighted by Gasteiger charge is 2.24. The van der Waals surface area contributed by atoms with Crippen LogP contribution >= 0.6 is 0 Å². The van der Waals surface area contributed by atoms with Crippen LogP contribution in [-0.2, 0) is 16.6 Å². The second-order valence-corrected chi connectivity index (χ2v) is 7.41. The Bertz CT molecular complexity index is 785. The third-order valence-corrected chi connectivity index (χ3v) is 5.06. The summed E-state index contributed by atoms with van der Waals surface area (Å²) in [7, 11) is -3.15. The summed E-state index contributed by atoms with van der Waals surface area (Å²) < 4.78 is 39.3. The maximum atomic E-state index is 13.3. The predicted molar refractivity (Wildman–Crippen MR) is 80.8 cm³/mol. The first-order valence-corrected chi connectivity index (χ1v) is 8.99. The van der Waals surface area contributed by atoms with Gasteiger partial charge in [0.05, 0.1) is 18.5 Å². The van der Waals surface area contributed by atoms with Crippen LogP contribution in [-0.4, -0.2) is 70.3 Å². The minimum atomic E-state index is -3.15. The van der Waals surface area contributed by atoms with Crippen LogP contribution in [0.4, 0.5) is 4.39 Å². The molecule has 0 spiro atoms. The number of tetrazole rings is 1. The minimum absolute atomic E-state index is 0.356. The van der Waals surface area contributed by atoms with Crippen molar-refractivity contribution in [2.45, 2.75) is 6.54 Å². The Hall–Kier alpha value is -1.91. The molecule has 0 aliphatic carbocycles. The van der Waals surface area contributed by atoms with Crippen LogP contribution in [0.3, 0.4) is 0 Å². The zero-order valence-electron chi connectivity index (χ0n) is 12.6. The summed E-state index contributed by atoms with van der Waals surface area (Å²) in [4.78, 5) is 2.07. The van der Waals surface area contributed by atoms with Crippen molar-refractivity contribution in [2.24, 2.45) is 0 Å². The molecule has 1 saturated heterocycles. The highest BCUT2D eigenvalue weighted by Crippen LogP contribution is 2.13. The summed E-state index contributed by atoms with van der Waals surface area (Å²) in [5.74, 6) is 0.231. The Morgan fingerprint density at radius 3 is 2.61 bits per heavy atom. The Labute approximate surface area is 133 Å². The molecule has 1 aromatic carbocycles. The lowest BCUT2D eigenvalue weighted by atomic mass is 10.3. The molecule has 0 atom stereocenters. The van der Waals surface area contributed by atoms with E-state index in [0.717, 1.165) is 0 Å². The van der Waals surface area contributed by atoms with E-state index in [1.165, 1.54) is 27.4 Å². The summed E-state index contributed by atoms with van der Waals surface area (Å²) >= 11 is 0. The quantitative estimate of drug-likeness (QED) is 0.771. The number of hydrogen-bond donors (Lipinski definition) is 0. The second kappa shape index (κ2) is 6.30. The molecule has 0 bridgehead atoms. The van der Waals surface area contributed by atoms with Crippen molar-refractivity contribution in [3.05, 3.63) is 35.9 Å². The fourth-order valence-electron chi connectivity index (χ4n) is 2.53. The van der Waals surface area contributed by atoms with Crippen LogP contribution in [0.15, 0.2) is 24.3 Å².